The third kappa shape index (κ3) is 3.17. The number of rotatable bonds is 4. The molecule has 1 N–H and O–H groups in total. The first-order chi connectivity index (χ1) is 10.7. The minimum atomic E-state index is -0.335. The molecule has 22 heavy (non-hydrogen) atoms. The summed E-state index contributed by atoms with van der Waals surface area (Å²) in [5, 5.41) is 5.11. The highest BCUT2D eigenvalue weighted by molar-refractivity contribution is 7.13. The summed E-state index contributed by atoms with van der Waals surface area (Å²) in [5.41, 5.74) is 1.68. The number of benzene rings is 1. The van der Waals surface area contributed by atoms with Crippen LogP contribution in [0.4, 0.5) is 4.39 Å². The van der Waals surface area contributed by atoms with Crippen LogP contribution in [0, 0.1) is 5.82 Å². The fourth-order valence-electron chi connectivity index (χ4n) is 1.91. The van der Waals surface area contributed by atoms with Crippen LogP contribution >= 0.6 is 11.3 Å². The second-order valence-corrected chi connectivity index (χ2v) is 5.41. The van der Waals surface area contributed by atoms with Gasteiger partial charge in [-0.2, -0.15) is 0 Å². The van der Waals surface area contributed by atoms with Gasteiger partial charge >= 0.3 is 0 Å². The minimum Gasteiger partial charge on any atom is -0.346 e. The van der Waals surface area contributed by atoms with Gasteiger partial charge in [-0.25, -0.2) is 9.37 Å². The molecule has 0 atom stereocenters. The molecule has 110 valence electrons. The van der Waals surface area contributed by atoms with E-state index in [2.05, 4.69) is 15.3 Å². The summed E-state index contributed by atoms with van der Waals surface area (Å²) in [6, 6.07) is 10.0. The highest BCUT2D eigenvalue weighted by atomic mass is 32.1. The number of amides is 1. The summed E-state index contributed by atoms with van der Waals surface area (Å²) < 4.78 is 13.5. The molecule has 0 aliphatic carbocycles. The zero-order valence-electron chi connectivity index (χ0n) is 11.5. The Bertz CT molecular complexity index is 789. The van der Waals surface area contributed by atoms with Crippen molar-refractivity contribution in [2.24, 2.45) is 0 Å². The number of nitrogens with zero attached hydrogens (tertiary/aromatic N) is 2. The zero-order valence-corrected chi connectivity index (χ0v) is 12.3. The van der Waals surface area contributed by atoms with Crippen molar-refractivity contribution in [1.82, 2.24) is 15.3 Å². The van der Waals surface area contributed by atoms with Crippen molar-refractivity contribution in [3.8, 4) is 10.6 Å². The molecule has 6 heteroatoms. The molecule has 0 aliphatic heterocycles. The van der Waals surface area contributed by atoms with Gasteiger partial charge in [0.15, 0.2) is 0 Å². The number of hydrogen-bond donors (Lipinski definition) is 1. The van der Waals surface area contributed by atoms with Gasteiger partial charge in [0.25, 0.3) is 5.91 Å². The number of carbonyl (C=O) groups is 1. The van der Waals surface area contributed by atoms with E-state index in [9.17, 15) is 9.18 Å². The topological polar surface area (TPSA) is 54.9 Å². The highest BCUT2D eigenvalue weighted by Gasteiger charge is 2.12. The average molecular weight is 313 g/mol. The lowest BCUT2D eigenvalue weighted by molar-refractivity contribution is 0.0946. The summed E-state index contributed by atoms with van der Waals surface area (Å²) in [6.07, 6.45) is 3.35. The molecule has 0 radical (unpaired) electrons. The summed E-state index contributed by atoms with van der Waals surface area (Å²) in [4.78, 5) is 20.3. The minimum absolute atomic E-state index is 0.133. The number of hydrogen-bond acceptors (Lipinski definition) is 4. The van der Waals surface area contributed by atoms with E-state index in [0.717, 1.165) is 10.6 Å². The van der Waals surface area contributed by atoms with Crippen molar-refractivity contribution in [3.05, 3.63) is 71.2 Å². The van der Waals surface area contributed by atoms with Crippen LogP contribution in [-0.4, -0.2) is 15.9 Å². The average Bonchev–Trinajstić information content (AvgIpc) is 3.05. The molecule has 0 unspecified atom stereocenters. The van der Waals surface area contributed by atoms with Crippen molar-refractivity contribution >= 4 is 17.2 Å². The van der Waals surface area contributed by atoms with Gasteiger partial charge < -0.3 is 5.32 Å². The van der Waals surface area contributed by atoms with Crippen molar-refractivity contribution in [3.63, 3.8) is 0 Å². The number of pyridine rings is 1. The zero-order chi connectivity index (χ0) is 15.4. The summed E-state index contributed by atoms with van der Waals surface area (Å²) >= 11 is 1.38. The summed E-state index contributed by atoms with van der Waals surface area (Å²) in [6.45, 7) is 0.133. The lowest BCUT2D eigenvalue weighted by Crippen LogP contribution is -2.23. The van der Waals surface area contributed by atoms with Crippen LogP contribution in [-0.2, 0) is 6.54 Å². The standard InChI is InChI=1S/C16H12FN3OS/c17-13-4-2-1-3-12(13)9-19-15(21)14-10-22-16(20-14)11-5-7-18-8-6-11/h1-8,10H,9H2,(H,19,21). The lowest BCUT2D eigenvalue weighted by atomic mass is 10.2. The van der Waals surface area contributed by atoms with Crippen molar-refractivity contribution in [2.75, 3.05) is 0 Å². The maximum atomic E-state index is 13.5. The molecule has 0 aliphatic rings. The molecular formula is C16H12FN3OS. The lowest BCUT2D eigenvalue weighted by Gasteiger charge is -2.04. The van der Waals surface area contributed by atoms with E-state index in [1.54, 1.807) is 36.0 Å². The predicted molar refractivity (Wildman–Crippen MR) is 82.9 cm³/mol. The number of halogens is 1. The van der Waals surface area contributed by atoms with E-state index < -0.39 is 0 Å². The molecular weight excluding hydrogens is 301 g/mol. The first-order valence-corrected chi connectivity index (χ1v) is 7.49. The van der Waals surface area contributed by atoms with Crippen LogP contribution in [0.3, 0.4) is 0 Å². The summed E-state index contributed by atoms with van der Waals surface area (Å²) in [7, 11) is 0. The fraction of sp³-hybridized carbons (Fsp3) is 0.0625. The quantitative estimate of drug-likeness (QED) is 0.804. The first kappa shape index (κ1) is 14.3. The van der Waals surface area contributed by atoms with Gasteiger partial charge in [-0.05, 0) is 18.2 Å². The second-order valence-electron chi connectivity index (χ2n) is 4.55. The number of aromatic nitrogens is 2. The third-order valence-electron chi connectivity index (χ3n) is 3.06. The molecule has 1 amide bonds. The third-order valence-corrected chi connectivity index (χ3v) is 3.95. The van der Waals surface area contributed by atoms with E-state index in [0.29, 0.717) is 11.3 Å². The van der Waals surface area contributed by atoms with E-state index in [-0.39, 0.29) is 18.3 Å². The van der Waals surface area contributed by atoms with Crippen LogP contribution in [0.25, 0.3) is 10.6 Å². The van der Waals surface area contributed by atoms with E-state index in [1.165, 1.54) is 17.4 Å². The van der Waals surface area contributed by atoms with Gasteiger partial charge in [0.05, 0.1) is 0 Å². The van der Waals surface area contributed by atoms with Crippen LogP contribution in [0.1, 0.15) is 16.1 Å². The highest BCUT2D eigenvalue weighted by Crippen LogP contribution is 2.22. The Hall–Kier alpha value is -2.60. The SMILES string of the molecule is O=C(NCc1ccccc1F)c1csc(-c2ccncc2)n1. The van der Waals surface area contributed by atoms with Crippen molar-refractivity contribution in [1.29, 1.82) is 0 Å². The molecule has 0 spiro atoms. The Morgan fingerprint density at radius 3 is 2.73 bits per heavy atom. The molecule has 0 saturated heterocycles. The monoisotopic (exact) mass is 313 g/mol. The number of nitrogens with one attached hydrogen (secondary N) is 1. The molecule has 2 aromatic heterocycles. The van der Waals surface area contributed by atoms with Crippen LogP contribution < -0.4 is 5.32 Å². The van der Waals surface area contributed by atoms with Gasteiger partial charge in [0.1, 0.15) is 16.5 Å². The summed E-state index contributed by atoms with van der Waals surface area (Å²) in [5.74, 6) is -0.654. The van der Waals surface area contributed by atoms with Gasteiger partial charge in [-0.15, -0.1) is 11.3 Å². The van der Waals surface area contributed by atoms with Crippen LogP contribution in [0.2, 0.25) is 0 Å². The second kappa shape index (κ2) is 6.44. The molecule has 1 aromatic carbocycles. The normalized spacial score (nSPS) is 10.4. The van der Waals surface area contributed by atoms with Gasteiger partial charge in [0, 0.05) is 35.4 Å². The van der Waals surface area contributed by atoms with E-state index in [1.807, 2.05) is 12.1 Å². The first-order valence-electron chi connectivity index (χ1n) is 6.61. The number of carbonyl (C=O) groups excluding carboxylic acids is 1. The van der Waals surface area contributed by atoms with Gasteiger partial charge in [0.2, 0.25) is 0 Å². The molecule has 0 bridgehead atoms. The van der Waals surface area contributed by atoms with E-state index >= 15 is 0 Å². The molecule has 0 saturated carbocycles. The Kier molecular flexibility index (Phi) is 4.20. The predicted octanol–water partition coefficient (Wildman–Crippen LogP) is 3.27. The fourth-order valence-corrected chi connectivity index (χ4v) is 2.72. The Morgan fingerprint density at radius 1 is 1.18 bits per heavy atom. The maximum absolute atomic E-state index is 13.5. The number of thiazole rings is 1. The smallest absolute Gasteiger partial charge is 0.271 e. The van der Waals surface area contributed by atoms with Crippen molar-refractivity contribution < 1.29 is 9.18 Å². The molecule has 4 nitrogen and oxygen atoms in total. The molecule has 3 aromatic rings. The molecule has 0 fully saturated rings. The molecule has 2 heterocycles. The van der Waals surface area contributed by atoms with Crippen molar-refractivity contribution in [2.45, 2.75) is 6.54 Å². The van der Waals surface area contributed by atoms with Gasteiger partial charge in [-0.3, -0.25) is 9.78 Å². The van der Waals surface area contributed by atoms with Crippen LogP contribution in [0.15, 0.2) is 54.2 Å². The largest absolute Gasteiger partial charge is 0.346 e. The van der Waals surface area contributed by atoms with E-state index in [4.69, 9.17) is 0 Å². The molecule has 3 rings (SSSR count). The Balaban J connectivity index is 1.69. The van der Waals surface area contributed by atoms with Gasteiger partial charge in [-0.1, -0.05) is 18.2 Å². The maximum Gasteiger partial charge on any atom is 0.271 e. The van der Waals surface area contributed by atoms with Crippen LogP contribution in [0.5, 0.6) is 0 Å². The Morgan fingerprint density at radius 2 is 1.95 bits per heavy atom. The Labute approximate surface area is 130 Å².